The largest absolute Gasteiger partial charge is 0.339 e. The van der Waals surface area contributed by atoms with Crippen LogP contribution in [0.3, 0.4) is 0 Å². The molecular formula is C12H10BrN5. The maximum absolute atomic E-state index is 9.06. The molecule has 0 aliphatic heterocycles. The highest BCUT2D eigenvalue weighted by Crippen LogP contribution is 2.23. The van der Waals surface area contributed by atoms with Gasteiger partial charge in [0, 0.05) is 4.47 Å². The Kier molecular flexibility index (Phi) is 3.77. The molecular weight excluding hydrogens is 294 g/mol. The molecule has 4 N–H and O–H groups in total. The van der Waals surface area contributed by atoms with Crippen LogP contribution < -0.4 is 16.6 Å². The lowest BCUT2D eigenvalue weighted by Gasteiger charge is -2.08. The summed E-state index contributed by atoms with van der Waals surface area (Å²) in [5, 5.41) is 12.1. The second kappa shape index (κ2) is 5.49. The minimum Gasteiger partial charge on any atom is -0.339 e. The second-order valence-corrected chi connectivity index (χ2v) is 4.39. The Morgan fingerprint density at radius 1 is 1.22 bits per heavy atom. The molecule has 0 radical (unpaired) electrons. The maximum Gasteiger partial charge on any atom is 0.142 e. The SMILES string of the molecule is N#Cc1cc(Br)ccc1Nc1cccc(NN)n1. The van der Waals surface area contributed by atoms with Gasteiger partial charge in [-0.3, -0.25) is 0 Å². The number of hydrogen-bond acceptors (Lipinski definition) is 5. The van der Waals surface area contributed by atoms with Crippen molar-refractivity contribution in [3.8, 4) is 6.07 Å². The molecule has 1 aromatic carbocycles. The smallest absolute Gasteiger partial charge is 0.142 e. The number of nitrogens with one attached hydrogen (secondary N) is 2. The molecule has 0 fully saturated rings. The minimum atomic E-state index is 0.539. The molecule has 2 rings (SSSR count). The number of aromatic nitrogens is 1. The van der Waals surface area contributed by atoms with Gasteiger partial charge in [-0.25, -0.2) is 10.8 Å². The predicted molar refractivity (Wildman–Crippen MR) is 74.2 cm³/mol. The number of hydrogen-bond donors (Lipinski definition) is 3. The van der Waals surface area contributed by atoms with Crippen LogP contribution in [0.2, 0.25) is 0 Å². The van der Waals surface area contributed by atoms with Gasteiger partial charge in [-0.1, -0.05) is 22.0 Å². The summed E-state index contributed by atoms with van der Waals surface area (Å²) in [4.78, 5) is 4.22. The standard InChI is InChI=1S/C12H10BrN5/c13-9-4-5-10(8(6-9)7-14)16-11-2-1-3-12(17-11)18-15/h1-6H,15H2,(H2,16,17,18). The zero-order valence-electron chi connectivity index (χ0n) is 9.31. The van der Waals surface area contributed by atoms with E-state index in [0.717, 1.165) is 4.47 Å². The monoisotopic (exact) mass is 303 g/mol. The molecule has 0 aliphatic carbocycles. The summed E-state index contributed by atoms with van der Waals surface area (Å²) >= 11 is 3.32. The van der Waals surface area contributed by atoms with Gasteiger partial charge in [0.1, 0.15) is 17.7 Å². The van der Waals surface area contributed by atoms with E-state index < -0.39 is 0 Å². The first-order chi connectivity index (χ1) is 8.72. The fourth-order valence-electron chi connectivity index (χ4n) is 1.44. The van der Waals surface area contributed by atoms with Gasteiger partial charge >= 0.3 is 0 Å². The lowest BCUT2D eigenvalue weighted by atomic mass is 10.2. The van der Waals surface area contributed by atoms with Crippen LogP contribution in [0, 0.1) is 11.3 Å². The Morgan fingerprint density at radius 3 is 2.72 bits per heavy atom. The molecule has 0 saturated heterocycles. The Morgan fingerprint density at radius 2 is 2.00 bits per heavy atom. The molecule has 0 saturated carbocycles. The van der Waals surface area contributed by atoms with Gasteiger partial charge in [-0.15, -0.1) is 0 Å². The van der Waals surface area contributed by atoms with Crippen molar-refractivity contribution in [1.82, 2.24) is 4.98 Å². The van der Waals surface area contributed by atoms with Gasteiger partial charge in [-0.2, -0.15) is 5.26 Å². The van der Waals surface area contributed by atoms with E-state index in [0.29, 0.717) is 22.9 Å². The van der Waals surface area contributed by atoms with E-state index >= 15 is 0 Å². The quantitative estimate of drug-likeness (QED) is 0.599. The van der Waals surface area contributed by atoms with Gasteiger partial charge in [0.2, 0.25) is 0 Å². The molecule has 0 bridgehead atoms. The lowest BCUT2D eigenvalue weighted by molar-refractivity contribution is 1.22. The van der Waals surface area contributed by atoms with Gasteiger partial charge in [-0.05, 0) is 30.3 Å². The summed E-state index contributed by atoms with van der Waals surface area (Å²) < 4.78 is 0.856. The number of hydrazine groups is 1. The number of pyridine rings is 1. The van der Waals surface area contributed by atoms with Crippen molar-refractivity contribution in [3.63, 3.8) is 0 Å². The lowest BCUT2D eigenvalue weighted by Crippen LogP contribution is -2.09. The van der Waals surface area contributed by atoms with Gasteiger partial charge in [0.15, 0.2) is 0 Å². The minimum absolute atomic E-state index is 0.539. The molecule has 90 valence electrons. The number of nitrogen functional groups attached to an aromatic ring is 1. The average Bonchev–Trinajstić information content (AvgIpc) is 2.41. The first-order valence-corrected chi connectivity index (χ1v) is 5.92. The summed E-state index contributed by atoms with van der Waals surface area (Å²) in [6, 6.07) is 12.9. The molecule has 18 heavy (non-hydrogen) atoms. The number of nitriles is 1. The first kappa shape index (κ1) is 12.4. The third kappa shape index (κ3) is 2.77. The Balaban J connectivity index is 2.31. The molecule has 2 aromatic rings. The number of halogens is 1. The highest BCUT2D eigenvalue weighted by molar-refractivity contribution is 9.10. The zero-order chi connectivity index (χ0) is 13.0. The van der Waals surface area contributed by atoms with Crippen molar-refractivity contribution in [1.29, 1.82) is 5.26 Å². The van der Waals surface area contributed by atoms with Crippen molar-refractivity contribution in [2.24, 2.45) is 5.84 Å². The highest BCUT2D eigenvalue weighted by Gasteiger charge is 2.04. The highest BCUT2D eigenvalue weighted by atomic mass is 79.9. The van der Waals surface area contributed by atoms with Crippen LogP contribution in [0.4, 0.5) is 17.3 Å². The third-order valence-corrected chi connectivity index (χ3v) is 2.76. The van der Waals surface area contributed by atoms with Crippen LogP contribution in [0.1, 0.15) is 5.56 Å². The normalized spacial score (nSPS) is 9.61. The first-order valence-electron chi connectivity index (χ1n) is 5.13. The summed E-state index contributed by atoms with van der Waals surface area (Å²) in [7, 11) is 0. The summed E-state index contributed by atoms with van der Waals surface area (Å²) in [5.41, 5.74) is 3.70. The predicted octanol–water partition coefficient (Wildman–Crippen LogP) is 2.74. The molecule has 0 atom stereocenters. The van der Waals surface area contributed by atoms with Crippen LogP contribution in [0.5, 0.6) is 0 Å². The number of nitrogens with two attached hydrogens (primary N) is 1. The molecule has 0 spiro atoms. The topological polar surface area (TPSA) is 86.8 Å². The van der Waals surface area contributed by atoms with Crippen molar-refractivity contribution < 1.29 is 0 Å². The van der Waals surface area contributed by atoms with Crippen LogP contribution >= 0.6 is 15.9 Å². The van der Waals surface area contributed by atoms with E-state index in [1.54, 1.807) is 18.2 Å². The fraction of sp³-hybridized carbons (Fsp3) is 0. The molecule has 6 heteroatoms. The van der Waals surface area contributed by atoms with Crippen LogP contribution in [-0.2, 0) is 0 Å². The molecule has 1 aromatic heterocycles. The van der Waals surface area contributed by atoms with Gasteiger partial charge < -0.3 is 10.7 Å². The van der Waals surface area contributed by atoms with Gasteiger partial charge in [0.05, 0.1) is 11.3 Å². The van der Waals surface area contributed by atoms with Crippen molar-refractivity contribution in [2.45, 2.75) is 0 Å². The molecule has 0 unspecified atom stereocenters. The van der Waals surface area contributed by atoms with Crippen LogP contribution in [0.15, 0.2) is 40.9 Å². The van der Waals surface area contributed by atoms with Crippen LogP contribution in [-0.4, -0.2) is 4.98 Å². The van der Waals surface area contributed by atoms with E-state index in [4.69, 9.17) is 11.1 Å². The molecule has 1 heterocycles. The van der Waals surface area contributed by atoms with Crippen LogP contribution in [0.25, 0.3) is 0 Å². The Labute approximate surface area is 113 Å². The zero-order valence-corrected chi connectivity index (χ0v) is 10.9. The average molecular weight is 304 g/mol. The van der Waals surface area contributed by atoms with E-state index in [-0.39, 0.29) is 0 Å². The number of rotatable bonds is 3. The van der Waals surface area contributed by atoms with E-state index in [1.807, 2.05) is 18.2 Å². The molecule has 0 amide bonds. The summed E-state index contributed by atoms with van der Waals surface area (Å²) in [6.45, 7) is 0. The third-order valence-electron chi connectivity index (χ3n) is 2.26. The number of anilines is 3. The summed E-state index contributed by atoms with van der Waals surface area (Å²) in [5.74, 6) is 6.46. The van der Waals surface area contributed by atoms with Gasteiger partial charge in [0.25, 0.3) is 0 Å². The van der Waals surface area contributed by atoms with Crippen molar-refractivity contribution >= 4 is 33.3 Å². The number of nitrogens with zero attached hydrogens (tertiary/aromatic N) is 2. The summed E-state index contributed by atoms with van der Waals surface area (Å²) in [6.07, 6.45) is 0. The van der Waals surface area contributed by atoms with E-state index in [1.165, 1.54) is 0 Å². The second-order valence-electron chi connectivity index (χ2n) is 3.48. The molecule has 0 aliphatic rings. The Hall–Kier alpha value is -2.10. The van der Waals surface area contributed by atoms with Crippen molar-refractivity contribution in [2.75, 3.05) is 10.7 Å². The Bertz CT molecular complexity index is 606. The maximum atomic E-state index is 9.06. The van der Waals surface area contributed by atoms with E-state index in [2.05, 4.69) is 37.7 Å². The van der Waals surface area contributed by atoms with Crippen molar-refractivity contribution in [3.05, 3.63) is 46.4 Å². The van der Waals surface area contributed by atoms with E-state index in [9.17, 15) is 0 Å². The fourth-order valence-corrected chi connectivity index (χ4v) is 1.80. The molecule has 5 nitrogen and oxygen atoms in total. The number of benzene rings is 1.